The molecule has 4 rings (SSSR count). The smallest absolute Gasteiger partial charge is 0.330 e. The molecular formula is C26H29N3O2. The Balaban J connectivity index is 1.67. The Morgan fingerprint density at radius 1 is 1.16 bits per heavy atom. The Kier molecular flexibility index (Phi) is 6.33. The van der Waals surface area contributed by atoms with Crippen LogP contribution in [0.5, 0.6) is 0 Å². The highest BCUT2D eigenvalue weighted by Crippen LogP contribution is 2.43. The molecule has 1 aliphatic rings. The van der Waals surface area contributed by atoms with Crippen molar-refractivity contribution in [1.82, 2.24) is 15.1 Å². The molecule has 3 aromatic rings. The standard InChI is InChI=1S/C26H29N3O2/c1-18-25(19(2)28-27-18)26(22-8-5-4-6-9-22)29-17-7-10-23(29)21-14-11-20(12-15-21)13-16-24(30)31-3/h4-6,8-9,11-16,23,26H,7,10,17H2,1-3H3,(H,27,28). The first kappa shape index (κ1) is 21.1. The third-order valence-electron chi connectivity index (χ3n) is 6.13. The lowest BCUT2D eigenvalue weighted by molar-refractivity contribution is -0.134. The van der Waals surface area contributed by atoms with Gasteiger partial charge in [0.1, 0.15) is 0 Å². The van der Waals surface area contributed by atoms with Gasteiger partial charge in [-0.2, -0.15) is 5.10 Å². The largest absolute Gasteiger partial charge is 0.466 e. The van der Waals surface area contributed by atoms with E-state index in [9.17, 15) is 4.79 Å². The summed E-state index contributed by atoms with van der Waals surface area (Å²) < 4.78 is 4.67. The van der Waals surface area contributed by atoms with Crippen molar-refractivity contribution in [3.63, 3.8) is 0 Å². The van der Waals surface area contributed by atoms with Crippen LogP contribution in [0.4, 0.5) is 0 Å². The van der Waals surface area contributed by atoms with E-state index in [0.29, 0.717) is 6.04 Å². The Labute approximate surface area is 183 Å². The molecule has 160 valence electrons. The van der Waals surface area contributed by atoms with E-state index < -0.39 is 0 Å². The fourth-order valence-electron chi connectivity index (χ4n) is 4.64. The molecule has 0 bridgehead atoms. The molecule has 0 saturated carbocycles. The lowest BCUT2D eigenvalue weighted by Crippen LogP contribution is -2.30. The first-order chi connectivity index (χ1) is 15.1. The van der Waals surface area contributed by atoms with Crippen molar-refractivity contribution in [3.8, 4) is 0 Å². The van der Waals surface area contributed by atoms with E-state index in [2.05, 4.69) is 88.3 Å². The van der Waals surface area contributed by atoms with Crippen molar-refractivity contribution >= 4 is 12.0 Å². The van der Waals surface area contributed by atoms with E-state index in [0.717, 1.165) is 36.3 Å². The van der Waals surface area contributed by atoms with Crippen LogP contribution in [0.2, 0.25) is 0 Å². The van der Waals surface area contributed by atoms with Crippen LogP contribution in [-0.4, -0.2) is 34.7 Å². The summed E-state index contributed by atoms with van der Waals surface area (Å²) in [6.07, 6.45) is 5.52. The molecule has 5 nitrogen and oxygen atoms in total. The Bertz CT molecular complexity index is 1030. The molecule has 1 aliphatic heterocycles. The quantitative estimate of drug-likeness (QED) is 0.447. The molecule has 2 unspecified atom stereocenters. The van der Waals surface area contributed by atoms with Gasteiger partial charge in [0.05, 0.1) is 18.8 Å². The van der Waals surface area contributed by atoms with E-state index in [1.54, 1.807) is 6.08 Å². The second kappa shape index (κ2) is 9.31. The fourth-order valence-corrected chi connectivity index (χ4v) is 4.64. The summed E-state index contributed by atoms with van der Waals surface area (Å²) >= 11 is 0. The third kappa shape index (κ3) is 4.47. The summed E-state index contributed by atoms with van der Waals surface area (Å²) in [6.45, 7) is 5.24. The maximum Gasteiger partial charge on any atom is 0.330 e. The van der Waals surface area contributed by atoms with Crippen LogP contribution >= 0.6 is 0 Å². The fraction of sp³-hybridized carbons (Fsp3) is 0.308. The normalized spacial score (nSPS) is 17.8. The number of carbonyl (C=O) groups is 1. The number of nitrogens with one attached hydrogen (secondary N) is 1. The number of hydrogen-bond acceptors (Lipinski definition) is 4. The zero-order valence-electron chi connectivity index (χ0n) is 18.3. The first-order valence-corrected chi connectivity index (χ1v) is 10.8. The second-order valence-corrected chi connectivity index (χ2v) is 8.08. The Morgan fingerprint density at radius 3 is 2.55 bits per heavy atom. The number of esters is 1. The average molecular weight is 416 g/mol. The lowest BCUT2D eigenvalue weighted by Gasteiger charge is -2.34. The van der Waals surface area contributed by atoms with Gasteiger partial charge in [-0.05, 0) is 56.0 Å². The van der Waals surface area contributed by atoms with E-state index in [4.69, 9.17) is 0 Å². The average Bonchev–Trinajstić information content (AvgIpc) is 3.41. The predicted octanol–water partition coefficient (Wildman–Crippen LogP) is 5.14. The maximum absolute atomic E-state index is 11.4. The Hall–Kier alpha value is -3.18. The molecule has 1 N–H and O–H groups in total. The molecule has 2 heterocycles. The first-order valence-electron chi connectivity index (χ1n) is 10.8. The van der Waals surface area contributed by atoms with Crippen LogP contribution in [0.15, 0.2) is 60.7 Å². The number of aromatic nitrogens is 2. The zero-order chi connectivity index (χ0) is 21.8. The number of likely N-dealkylation sites (tertiary alicyclic amines) is 1. The van der Waals surface area contributed by atoms with Gasteiger partial charge in [0.2, 0.25) is 0 Å². The predicted molar refractivity (Wildman–Crippen MR) is 123 cm³/mol. The van der Waals surface area contributed by atoms with E-state index in [1.807, 2.05) is 0 Å². The van der Waals surface area contributed by atoms with E-state index in [1.165, 1.54) is 29.9 Å². The molecule has 31 heavy (non-hydrogen) atoms. The van der Waals surface area contributed by atoms with Gasteiger partial charge in [0.25, 0.3) is 0 Å². The molecule has 1 fully saturated rings. The summed E-state index contributed by atoms with van der Waals surface area (Å²) in [7, 11) is 1.39. The SMILES string of the molecule is COC(=O)C=Cc1ccc(C2CCCN2C(c2ccccc2)c2c(C)n[nH]c2C)cc1. The van der Waals surface area contributed by atoms with Crippen molar-refractivity contribution < 1.29 is 9.53 Å². The molecule has 2 aromatic carbocycles. The topological polar surface area (TPSA) is 58.2 Å². The molecule has 1 aromatic heterocycles. The van der Waals surface area contributed by atoms with Crippen LogP contribution in [0.1, 0.15) is 58.6 Å². The molecule has 2 atom stereocenters. The third-order valence-corrected chi connectivity index (χ3v) is 6.13. The van der Waals surface area contributed by atoms with Crippen LogP contribution in [0, 0.1) is 13.8 Å². The van der Waals surface area contributed by atoms with Crippen LogP contribution < -0.4 is 0 Å². The zero-order valence-corrected chi connectivity index (χ0v) is 18.3. The number of nitrogens with zero attached hydrogens (tertiary/aromatic N) is 2. The minimum Gasteiger partial charge on any atom is -0.466 e. The van der Waals surface area contributed by atoms with Crippen LogP contribution in [-0.2, 0) is 9.53 Å². The van der Waals surface area contributed by atoms with Gasteiger partial charge in [0.15, 0.2) is 0 Å². The molecule has 1 saturated heterocycles. The van der Waals surface area contributed by atoms with Gasteiger partial charge in [-0.25, -0.2) is 4.79 Å². The Morgan fingerprint density at radius 2 is 1.90 bits per heavy atom. The monoisotopic (exact) mass is 415 g/mol. The summed E-state index contributed by atoms with van der Waals surface area (Å²) in [5.41, 5.74) is 7.03. The van der Waals surface area contributed by atoms with Crippen LogP contribution in [0.25, 0.3) is 6.08 Å². The number of aryl methyl sites for hydroxylation is 2. The second-order valence-electron chi connectivity index (χ2n) is 8.08. The van der Waals surface area contributed by atoms with Gasteiger partial charge < -0.3 is 4.74 Å². The minimum atomic E-state index is -0.345. The summed E-state index contributed by atoms with van der Waals surface area (Å²) in [4.78, 5) is 14.0. The van der Waals surface area contributed by atoms with Crippen molar-refractivity contribution in [2.45, 2.75) is 38.8 Å². The summed E-state index contributed by atoms with van der Waals surface area (Å²) in [6, 6.07) is 19.7. The van der Waals surface area contributed by atoms with Crippen molar-refractivity contribution in [2.24, 2.45) is 0 Å². The van der Waals surface area contributed by atoms with Crippen molar-refractivity contribution in [2.75, 3.05) is 13.7 Å². The maximum atomic E-state index is 11.4. The van der Waals surface area contributed by atoms with Crippen LogP contribution in [0.3, 0.4) is 0 Å². The lowest BCUT2D eigenvalue weighted by atomic mass is 9.93. The number of benzene rings is 2. The number of H-pyrrole nitrogens is 1. The molecule has 5 heteroatoms. The summed E-state index contributed by atoms with van der Waals surface area (Å²) in [5, 5.41) is 7.67. The number of carbonyl (C=O) groups excluding carboxylic acids is 1. The number of ether oxygens (including phenoxy) is 1. The highest BCUT2D eigenvalue weighted by molar-refractivity contribution is 5.86. The van der Waals surface area contributed by atoms with E-state index >= 15 is 0 Å². The van der Waals surface area contributed by atoms with Gasteiger partial charge in [-0.1, -0.05) is 54.6 Å². The number of aromatic amines is 1. The highest BCUT2D eigenvalue weighted by atomic mass is 16.5. The minimum absolute atomic E-state index is 0.159. The number of hydrogen-bond donors (Lipinski definition) is 1. The van der Waals surface area contributed by atoms with Crippen molar-refractivity contribution in [1.29, 1.82) is 0 Å². The van der Waals surface area contributed by atoms with Gasteiger partial charge in [0, 0.05) is 23.4 Å². The molecule has 0 radical (unpaired) electrons. The molecular weight excluding hydrogens is 386 g/mol. The van der Waals surface area contributed by atoms with Crippen molar-refractivity contribution in [3.05, 3.63) is 94.3 Å². The number of methoxy groups -OCH3 is 1. The number of rotatable bonds is 6. The molecule has 0 aliphatic carbocycles. The summed E-state index contributed by atoms with van der Waals surface area (Å²) in [5.74, 6) is -0.345. The molecule has 0 amide bonds. The molecule has 0 spiro atoms. The van der Waals surface area contributed by atoms with Gasteiger partial charge >= 0.3 is 5.97 Å². The van der Waals surface area contributed by atoms with Gasteiger partial charge in [-0.3, -0.25) is 10.00 Å². The van der Waals surface area contributed by atoms with Gasteiger partial charge in [-0.15, -0.1) is 0 Å². The highest BCUT2D eigenvalue weighted by Gasteiger charge is 2.35. The van der Waals surface area contributed by atoms with E-state index in [-0.39, 0.29) is 12.0 Å².